The minimum atomic E-state index is -1.19. The van der Waals surface area contributed by atoms with Crippen molar-refractivity contribution in [3.05, 3.63) is 116 Å². The van der Waals surface area contributed by atoms with E-state index in [1.807, 2.05) is 44.2 Å². The molecular weight excluding hydrogens is 484 g/mol. The normalized spacial score (nSPS) is 15.3. The number of rotatable bonds is 6. The molecule has 1 N–H and O–H groups in total. The van der Waals surface area contributed by atoms with Crippen LogP contribution in [0.5, 0.6) is 0 Å². The zero-order valence-corrected chi connectivity index (χ0v) is 22.3. The first kappa shape index (κ1) is 25.1. The van der Waals surface area contributed by atoms with E-state index in [-0.39, 0.29) is 16.5 Å². The molecule has 4 aromatic rings. The number of halogens is 1. The van der Waals surface area contributed by atoms with E-state index in [1.54, 1.807) is 36.9 Å². The van der Waals surface area contributed by atoms with Gasteiger partial charge in [-0.05, 0) is 75.9 Å². The van der Waals surface area contributed by atoms with Crippen molar-refractivity contribution < 1.29 is 5.11 Å². The molecule has 0 fully saturated rings. The highest BCUT2D eigenvalue weighted by atomic mass is 35.5. The fraction of sp³-hybridized carbons (Fsp3) is 0.267. The quantitative estimate of drug-likeness (QED) is 0.328. The van der Waals surface area contributed by atoms with E-state index in [4.69, 9.17) is 11.6 Å². The van der Waals surface area contributed by atoms with Crippen LogP contribution in [0.2, 0.25) is 5.02 Å². The summed E-state index contributed by atoms with van der Waals surface area (Å²) in [6.45, 7) is 9.21. The molecule has 5 rings (SSSR count). The van der Waals surface area contributed by atoms with Gasteiger partial charge in [-0.25, -0.2) is 9.97 Å². The van der Waals surface area contributed by atoms with Crippen molar-refractivity contribution in [3.63, 3.8) is 0 Å². The van der Waals surface area contributed by atoms with E-state index in [0.717, 1.165) is 23.2 Å². The van der Waals surface area contributed by atoms with Gasteiger partial charge in [0.05, 0.1) is 17.1 Å². The molecule has 7 heteroatoms. The molecule has 0 saturated heterocycles. The van der Waals surface area contributed by atoms with Crippen LogP contribution in [-0.2, 0) is 12.0 Å². The summed E-state index contributed by atoms with van der Waals surface area (Å²) in [5, 5.41) is 10.6. The summed E-state index contributed by atoms with van der Waals surface area (Å²) in [6, 6.07) is 15.9. The summed E-state index contributed by atoms with van der Waals surface area (Å²) < 4.78 is 1.64. The minimum absolute atomic E-state index is 0.101. The number of allylic oxidation sites excluding steroid dienone is 2. The fourth-order valence-electron chi connectivity index (χ4n) is 4.80. The van der Waals surface area contributed by atoms with Crippen molar-refractivity contribution in [1.29, 1.82) is 0 Å². The molecule has 3 heterocycles. The number of aryl methyl sites for hydroxylation is 2. The van der Waals surface area contributed by atoms with Gasteiger partial charge in [0.2, 0.25) is 0 Å². The Kier molecular flexibility index (Phi) is 6.34. The number of hydrogen-bond donors (Lipinski definition) is 1. The van der Waals surface area contributed by atoms with Crippen molar-refractivity contribution in [2.24, 2.45) is 0 Å². The third-order valence-corrected chi connectivity index (χ3v) is 7.28. The van der Waals surface area contributed by atoms with Crippen LogP contribution in [0.25, 0.3) is 17.1 Å². The van der Waals surface area contributed by atoms with Crippen LogP contribution >= 0.6 is 11.6 Å². The topological polar surface area (TPSA) is 80.9 Å². The second kappa shape index (κ2) is 9.36. The van der Waals surface area contributed by atoms with Crippen molar-refractivity contribution in [1.82, 2.24) is 19.5 Å². The van der Waals surface area contributed by atoms with Crippen LogP contribution in [0.3, 0.4) is 0 Å². The van der Waals surface area contributed by atoms with Gasteiger partial charge in [0, 0.05) is 24.0 Å². The lowest BCUT2D eigenvalue weighted by Gasteiger charge is -2.18. The summed E-state index contributed by atoms with van der Waals surface area (Å²) in [6.07, 6.45) is 4.17. The van der Waals surface area contributed by atoms with Gasteiger partial charge in [0.15, 0.2) is 5.82 Å². The highest BCUT2D eigenvalue weighted by Crippen LogP contribution is 2.50. The molecule has 1 atom stereocenters. The standard InChI is InChI=1S/C30H29ClN4O2/c1-17-16-33-24(23-11-12-32-29(34-23)30(4,5)37)15-25(17)35-18(2)13-22(27(31)28(35)36)26-19(3)21(26)14-20-9-7-6-8-10-20/h6-13,15-16,26,37H,14H2,1-5H3/t26-/m0/s1. The predicted molar refractivity (Wildman–Crippen MR) is 146 cm³/mol. The van der Waals surface area contributed by atoms with Crippen LogP contribution in [0.4, 0.5) is 0 Å². The first-order valence-corrected chi connectivity index (χ1v) is 12.6. The Morgan fingerprint density at radius 2 is 1.76 bits per heavy atom. The predicted octanol–water partition coefficient (Wildman–Crippen LogP) is 5.84. The maximum absolute atomic E-state index is 13.6. The number of aliphatic hydroxyl groups is 1. The molecule has 0 amide bonds. The lowest BCUT2D eigenvalue weighted by Crippen LogP contribution is -2.23. The average molecular weight is 513 g/mol. The molecule has 0 aliphatic heterocycles. The average Bonchev–Trinajstić information content (AvgIpc) is 3.50. The summed E-state index contributed by atoms with van der Waals surface area (Å²) >= 11 is 6.74. The summed E-state index contributed by atoms with van der Waals surface area (Å²) in [4.78, 5) is 26.8. The zero-order chi connectivity index (χ0) is 26.5. The number of pyridine rings is 2. The Balaban J connectivity index is 1.52. The summed E-state index contributed by atoms with van der Waals surface area (Å²) in [5.41, 5.74) is 6.71. The second-order valence-electron chi connectivity index (χ2n) is 10.2. The van der Waals surface area contributed by atoms with Gasteiger partial charge in [0.25, 0.3) is 5.56 Å². The molecule has 1 aliphatic carbocycles. The van der Waals surface area contributed by atoms with Gasteiger partial charge < -0.3 is 5.11 Å². The third kappa shape index (κ3) is 4.75. The Morgan fingerprint density at radius 1 is 1.03 bits per heavy atom. The van der Waals surface area contributed by atoms with Crippen LogP contribution in [-0.4, -0.2) is 24.6 Å². The zero-order valence-electron chi connectivity index (χ0n) is 21.6. The molecule has 0 unspecified atom stereocenters. The highest BCUT2D eigenvalue weighted by molar-refractivity contribution is 6.31. The van der Waals surface area contributed by atoms with E-state index in [1.165, 1.54) is 16.7 Å². The molecule has 3 aromatic heterocycles. The lowest BCUT2D eigenvalue weighted by molar-refractivity contribution is 0.0688. The number of benzene rings is 1. The number of aromatic nitrogens is 4. The second-order valence-corrected chi connectivity index (χ2v) is 10.6. The molecule has 1 aromatic carbocycles. The monoisotopic (exact) mass is 512 g/mol. The maximum atomic E-state index is 13.6. The molecule has 6 nitrogen and oxygen atoms in total. The molecular formula is C30H29ClN4O2. The van der Waals surface area contributed by atoms with Gasteiger partial charge >= 0.3 is 0 Å². The van der Waals surface area contributed by atoms with Crippen LogP contribution in [0.15, 0.2) is 76.9 Å². The Bertz CT molecular complexity index is 1600. The van der Waals surface area contributed by atoms with Crippen molar-refractivity contribution in [2.45, 2.75) is 52.6 Å². The summed E-state index contributed by atoms with van der Waals surface area (Å²) in [7, 11) is 0. The van der Waals surface area contributed by atoms with Gasteiger partial charge in [-0.1, -0.05) is 53.1 Å². The van der Waals surface area contributed by atoms with Gasteiger partial charge in [0.1, 0.15) is 10.6 Å². The van der Waals surface area contributed by atoms with Crippen molar-refractivity contribution in [3.8, 4) is 17.1 Å². The van der Waals surface area contributed by atoms with E-state index in [2.05, 4.69) is 34.0 Å². The molecule has 0 bridgehead atoms. The van der Waals surface area contributed by atoms with Crippen LogP contribution < -0.4 is 5.56 Å². The molecule has 0 saturated carbocycles. The number of hydrogen-bond acceptors (Lipinski definition) is 5. The van der Waals surface area contributed by atoms with Crippen LogP contribution in [0, 0.1) is 13.8 Å². The first-order chi connectivity index (χ1) is 17.6. The Labute approximate surface area is 221 Å². The smallest absolute Gasteiger partial charge is 0.274 e. The number of nitrogens with zero attached hydrogens (tertiary/aromatic N) is 4. The Hall–Kier alpha value is -3.61. The van der Waals surface area contributed by atoms with Crippen molar-refractivity contribution >= 4 is 11.6 Å². The van der Waals surface area contributed by atoms with E-state index >= 15 is 0 Å². The molecule has 188 valence electrons. The van der Waals surface area contributed by atoms with E-state index in [9.17, 15) is 9.90 Å². The van der Waals surface area contributed by atoms with E-state index in [0.29, 0.717) is 22.9 Å². The Morgan fingerprint density at radius 3 is 2.46 bits per heavy atom. The fourth-order valence-corrected chi connectivity index (χ4v) is 5.05. The van der Waals surface area contributed by atoms with Crippen LogP contribution in [0.1, 0.15) is 54.9 Å². The third-order valence-electron chi connectivity index (χ3n) is 6.90. The van der Waals surface area contributed by atoms with Crippen molar-refractivity contribution in [2.75, 3.05) is 0 Å². The van der Waals surface area contributed by atoms with Gasteiger partial charge in [-0.2, -0.15) is 0 Å². The minimum Gasteiger partial charge on any atom is -0.382 e. The lowest BCUT2D eigenvalue weighted by atomic mass is 10.0. The highest BCUT2D eigenvalue weighted by Gasteiger charge is 2.36. The summed E-state index contributed by atoms with van der Waals surface area (Å²) in [5.74, 6) is 0.400. The van der Waals surface area contributed by atoms with E-state index < -0.39 is 5.60 Å². The molecule has 0 spiro atoms. The van der Waals surface area contributed by atoms with Gasteiger partial charge in [-0.3, -0.25) is 14.3 Å². The molecule has 0 radical (unpaired) electrons. The molecule has 37 heavy (non-hydrogen) atoms. The SMILES string of the molecule is CC1=C(Cc2ccccc2)[C@H]1c1cc(C)n(-c2cc(-c3ccnc(C(C)(C)O)n3)ncc2C)c(=O)c1Cl. The maximum Gasteiger partial charge on any atom is 0.274 e. The largest absolute Gasteiger partial charge is 0.382 e. The van der Waals surface area contributed by atoms with Gasteiger partial charge in [-0.15, -0.1) is 0 Å². The molecule has 1 aliphatic rings. The first-order valence-electron chi connectivity index (χ1n) is 12.2.